The number of methoxy groups -OCH3 is 2. The van der Waals surface area contributed by atoms with Gasteiger partial charge in [0.1, 0.15) is 0 Å². The molecule has 1 aromatic carbocycles. The highest BCUT2D eigenvalue weighted by atomic mass is 32.2. The molecule has 3 rings (SSSR count). The third-order valence-corrected chi connectivity index (χ3v) is 7.24. The van der Waals surface area contributed by atoms with Crippen LogP contribution >= 0.6 is 11.3 Å². The van der Waals surface area contributed by atoms with Crippen molar-refractivity contribution in [2.45, 2.75) is 13.0 Å². The van der Waals surface area contributed by atoms with Crippen molar-refractivity contribution in [2.75, 3.05) is 40.2 Å². The maximum absolute atomic E-state index is 12.6. The molecule has 9 nitrogen and oxygen atoms in total. The maximum Gasteiger partial charge on any atom is 0.281 e. The molecule has 28 heavy (non-hydrogen) atoms. The number of carbonyl (C=O) groups is 1. The number of amides is 1. The van der Waals surface area contributed by atoms with Gasteiger partial charge in [0.25, 0.3) is 16.1 Å². The fourth-order valence-electron chi connectivity index (χ4n) is 2.80. The largest absolute Gasteiger partial charge is 0.493 e. The van der Waals surface area contributed by atoms with Gasteiger partial charge < -0.3 is 9.47 Å². The number of aromatic nitrogens is 1. The summed E-state index contributed by atoms with van der Waals surface area (Å²) in [6.07, 6.45) is 0.505. The number of nitrogens with zero attached hydrogens (tertiary/aromatic N) is 3. The van der Waals surface area contributed by atoms with Crippen LogP contribution in [-0.2, 0) is 23.2 Å². The van der Waals surface area contributed by atoms with Gasteiger partial charge in [0, 0.05) is 37.5 Å². The molecule has 1 aliphatic rings. The van der Waals surface area contributed by atoms with Crippen LogP contribution in [0.3, 0.4) is 0 Å². The summed E-state index contributed by atoms with van der Waals surface area (Å²) in [5, 5.41) is 3.21. The zero-order valence-electron chi connectivity index (χ0n) is 16.1. The highest BCUT2D eigenvalue weighted by molar-refractivity contribution is 7.86. The van der Waals surface area contributed by atoms with Crippen molar-refractivity contribution in [3.8, 4) is 11.5 Å². The number of ether oxygens (including phenoxy) is 2. The van der Waals surface area contributed by atoms with Crippen LogP contribution in [0.15, 0.2) is 18.2 Å². The lowest BCUT2D eigenvalue weighted by Gasteiger charge is -2.27. The number of benzene rings is 1. The highest BCUT2D eigenvalue weighted by Gasteiger charge is 2.30. The predicted molar refractivity (Wildman–Crippen MR) is 106 cm³/mol. The summed E-state index contributed by atoms with van der Waals surface area (Å²) in [5.41, 5.74) is 1.22. The van der Waals surface area contributed by atoms with Gasteiger partial charge in [-0.15, -0.1) is 11.3 Å². The number of hydrogen-bond donors (Lipinski definition) is 1. The Morgan fingerprint density at radius 1 is 1.25 bits per heavy atom. The maximum atomic E-state index is 12.6. The zero-order valence-corrected chi connectivity index (χ0v) is 17.7. The highest BCUT2D eigenvalue weighted by Crippen LogP contribution is 2.31. The Morgan fingerprint density at radius 2 is 1.96 bits per heavy atom. The minimum absolute atomic E-state index is 0.250. The van der Waals surface area contributed by atoms with Crippen molar-refractivity contribution in [1.29, 1.82) is 0 Å². The molecule has 0 aliphatic carbocycles. The molecule has 0 radical (unpaired) electrons. The molecule has 1 aromatic heterocycles. The molecule has 0 saturated carbocycles. The van der Waals surface area contributed by atoms with E-state index < -0.39 is 10.2 Å². The van der Waals surface area contributed by atoms with Crippen LogP contribution in [0.25, 0.3) is 0 Å². The zero-order chi connectivity index (χ0) is 20.5. The lowest BCUT2D eigenvalue weighted by Crippen LogP contribution is -2.42. The molecule has 1 aliphatic heterocycles. The van der Waals surface area contributed by atoms with Crippen molar-refractivity contribution >= 4 is 32.6 Å². The summed E-state index contributed by atoms with van der Waals surface area (Å²) in [6, 6.07) is 4.88. The first-order valence-corrected chi connectivity index (χ1v) is 10.7. The summed E-state index contributed by atoms with van der Waals surface area (Å²) in [4.78, 5) is 17.8. The van der Waals surface area contributed by atoms with E-state index in [1.807, 2.05) is 0 Å². The number of nitrogens with one attached hydrogen (secondary N) is 1. The van der Waals surface area contributed by atoms with Crippen molar-refractivity contribution in [1.82, 2.24) is 13.6 Å². The number of anilines is 1. The van der Waals surface area contributed by atoms with Crippen LogP contribution in [0, 0.1) is 0 Å². The van der Waals surface area contributed by atoms with Crippen LogP contribution in [0.2, 0.25) is 0 Å². The molecule has 11 heteroatoms. The molecular weight excluding hydrogens is 404 g/mol. The summed E-state index contributed by atoms with van der Waals surface area (Å²) in [6.45, 7) is 0.611. The Balaban J connectivity index is 1.76. The summed E-state index contributed by atoms with van der Waals surface area (Å²) < 4.78 is 37.6. The van der Waals surface area contributed by atoms with Gasteiger partial charge in [-0.3, -0.25) is 10.1 Å². The Kier molecular flexibility index (Phi) is 5.89. The van der Waals surface area contributed by atoms with Gasteiger partial charge in [-0.05, 0) is 18.2 Å². The fourth-order valence-corrected chi connectivity index (χ4v) is 4.98. The minimum Gasteiger partial charge on any atom is -0.493 e. The number of thiazole rings is 1. The summed E-state index contributed by atoms with van der Waals surface area (Å²) in [7, 11) is 2.56. The quantitative estimate of drug-likeness (QED) is 0.753. The normalized spacial score (nSPS) is 14.6. The molecule has 0 saturated heterocycles. The minimum atomic E-state index is -3.48. The first kappa shape index (κ1) is 20.5. The number of hydrogen-bond acceptors (Lipinski definition) is 7. The number of fused-ring (bicyclic) bond motifs is 1. The Bertz CT molecular complexity index is 987. The summed E-state index contributed by atoms with van der Waals surface area (Å²) >= 11 is 1.28. The molecule has 1 N–H and O–H groups in total. The molecule has 0 fully saturated rings. The third-order valence-electron chi connectivity index (χ3n) is 4.35. The first-order valence-electron chi connectivity index (χ1n) is 8.45. The van der Waals surface area contributed by atoms with Crippen LogP contribution in [0.5, 0.6) is 11.5 Å². The lowest BCUT2D eigenvalue weighted by atomic mass is 10.2. The second-order valence-electron chi connectivity index (χ2n) is 6.29. The van der Waals surface area contributed by atoms with Crippen molar-refractivity contribution < 1.29 is 22.7 Å². The van der Waals surface area contributed by atoms with Crippen LogP contribution < -0.4 is 14.8 Å². The Labute approximate surface area is 168 Å². The van der Waals surface area contributed by atoms with Crippen LogP contribution in [-0.4, -0.2) is 62.8 Å². The van der Waals surface area contributed by atoms with Gasteiger partial charge in [0.05, 0.1) is 26.5 Å². The average molecular weight is 427 g/mol. The van der Waals surface area contributed by atoms with Crippen LogP contribution in [0.1, 0.15) is 20.9 Å². The smallest absolute Gasteiger partial charge is 0.281 e. The van der Waals surface area contributed by atoms with Crippen molar-refractivity contribution in [3.63, 3.8) is 0 Å². The first-order chi connectivity index (χ1) is 13.3. The Morgan fingerprint density at radius 3 is 2.61 bits per heavy atom. The molecule has 2 aromatic rings. The topological polar surface area (TPSA) is 101 Å². The van der Waals surface area contributed by atoms with Gasteiger partial charge in [-0.25, -0.2) is 4.98 Å². The van der Waals surface area contributed by atoms with Crippen LogP contribution in [0.4, 0.5) is 5.13 Å². The average Bonchev–Trinajstić information content (AvgIpc) is 3.08. The number of carbonyl (C=O) groups excluding carboxylic acids is 1. The molecule has 1 amide bonds. The van der Waals surface area contributed by atoms with E-state index in [0.29, 0.717) is 35.2 Å². The molecule has 152 valence electrons. The molecule has 0 unspecified atom stereocenters. The van der Waals surface area contributed by atoms with E-state index >= 15 is 0 Å². The van der Waals surface area contributed by atoms with Gasteiger partial charge in [0.2, 0.25) is 0 Å². The third kappa shape index (κ3) is 3.97. The fraction of sp³-hybridized carbons (Fsp3) is 0.412. The summed E-state index contributed by atoms with van der Waals surface area (Å²) in [5.74, 6) is 0.661. The van der Waals surface area contributed by atoms with E-state index in [0.717, 1.165) is 10.6 Å². The standard InChI is InChI=1S/C17H22N4O5S2/c1-20(2)28(23,24)21-8-7-12-15(10-21)27-17(18-12)19-16(22)11-5-6-13(25-3)14(9-11)26-4/h5-6,9H,7-8,10H2,1-4H3,(H,18,19,22). The van der Waals surface area contributed by atoms with E-state index in [2.05, 4.69) is 10.3 Å². The second kappa shape index (κ2) is 8.03. The van der Waals surface area contributed by atoms with Crippen molar-refractivity contribution in [3.05, 3.63) is 34.3 Å². The monoisotopic (exact) mass is 426 g/mol. The SMILES string of the molecule is COc1ccc(C(=O)Nc2nc3c(s2)CN(S(=O)(=O)N(C)C)CC3)cc1OC. The predicted octanol–water partition coefficient (Wildman–Crippen LogP) is 1.58. The lowest BCUT2D eigenvalue weighted by molar-refractivity contribution is 0.102. The van der Waals surface area contributed by atoms with E-state index in [1.54, 1.807) is 18.2 Å². The van der Waals surface area contributed by atoms with E-state index in [4.69, 9.17) is 9.47 Å². The Hall–Kier alpha value is -2.21. The van der Waals surface area contributed by atoms with Gasteiger partial charge >= 0.3 is 0 Å². The van der Waals surface area contributed by atoms with E-state index in [-0.39, 0.29) is 12.5 Å². The number of rotatable bonds is 6. The van der Waals surface area contributed by atoms with E-state index in [1.165, 1.54) is 48.3 Å². The van der Waals surface area contributed by atoms with Gasteiger partial charge in [-0.2, -0.15) is 17.0 Å². The molecular formula is C17H22N4O5S2. The second-order valence-corrected chi connectivity index (χ2v) is 9.51. The molecule has 0 bridgehead atoms. The van der Waals surface area contributed by atoms with Gasteiger partial charge in [0.15, 0.2) is 16.6 Å². The van der Waals surface area contributed by atoms with E-state index in [9.17, 15) is 13.2 Å². The van der Waals surface area contributed by atoms with Gasteiger partial charge in [-0.1, -0.05) is 0 Å². The molecule has 0 atom stereocenters. The van der Waals surface area contributed by atoms with Crippen molar-refractivity contribution in [2.24, 2.45) is 0 Å². The molecule has 0 spiro atoms. The molecule has 2 heterocycles.